The van der Waals surface area contributed by atoms with Crippen LogP contribution in [-0.4, -0.2) is 90.8 Å². The van der Waals surface area contributed by atoms with Gasteiger partial charge in [0.2, 0.25) is 0 Å². The summed E-state index contributed by atoms with van der Waals surface area (Å²) in [7, 11) is 0. The van der Waals surface area contributed by atoms with Gasteiger partial charge in [-0.2, -0.15) is 4.90 Å². The Balaban J connectivity index is 1.54. The van der Waals surface area contributed by atoms with E-state index in [4.69, 9.17) is 47.1 Å². The molecule has 2 atom stereocenters. The fraction of sp³-hybridized carbons (Fsp3) is 0.571. The normalized spacial score (nSPS) is 18.2. The van der Waals surface area contributed by atoms with Gasteiger partial charge in [-0.1, -0.05) is 66.4 Å². The van der Waals surface area contributed by atoms with E-state index in [1.54, 1.807) is 113 Å². The first-order valence-corrected chi connectivity index (χ1v) is 23.4. The number of carbonyl (C=O) groups is 5. The monoisotopic (exact) mass is 968 g/mol. The molecule has 2 aromatic carbocycles. The zero-order valence-corrected chi connectivity index (χ0v) is 42.3. The highest BCUT2D eigenvalue weighted by Crippen LogP contribution is 2.44. The number of aromatic nitrogens is 2. The van der Waals surface area contributed by atoms with E-state index in [0.717, 1.165) is 23.3 Å². The van der Waals surface area contributed by atoms with E-state index in [0.29, 0.717) is 41.8 Å². The molecule has 3 aromatic rings. The van der Waals surface area contributed by atoms with Gasteiger partial charge in [-0.15, -0.1) is 0 Å². The van der Waals surface area contributed by atoms with E-state index in [2.05, 4.69) is 10.3 Å². The van der Waals surface area contributed by atoms with E-state index in [9.17, 15) is 29.1 Å². The van der Waals surface area contributed by atoms with Crippen molar-refractivity contribution in [3.8, 4) is 11.3 Å². The molecule has 67 heavy (non-hydrogen) atoms. The van der Waals surface area contributed by atoms with Crippen LogP contribution in [0.15, 0.2) is 48.7 Å². The van der Waals surface area contributed by atoms with Crippen LogP contribution < -0.4 is 15.1 Å². The number of hydrogen-bond acceptors (Lipinski definition) is 12. The molecule has 2 fully saturated rings. The van der Waals surface area contributed by atoms with Gasteiger partial charge in [-0.05, 0) is 132 Å². The lowest BCUT2D eigenvalue weighted by molar-refractivity contribution is -0.159. The molecule has 2 N–H and O–H groups in total. The first-order valence-electron chi connectivity index (χ1n) is 22.6. The van der Waals surface area contributed by atoms with Gasteiger partial charge in [-0.25, -0.2) is 33.9 Å². The number of ether oxygens (including phenoxy) is 4. The van der Waals surface area contributed by atoms with Crippen molar-refractivity contribution in [2.75, 3.05) is 16.3 Å². The number of hydrogen-bond donors (Lipinski definition) is 2. The summed E-state index contributed by atoms with van der Waals surface area (Å²) in [6.45, 7) is 20.5. The van der Waals surface area contributed by atoms with Crippen molar-refractivity contribution >= 4 is 65.2 Å². The average Bonchev–Trinajstić information content (AvgIpc) is 3.73. The van der Waals surface area contributed by atoms with Crippen molar-refractivity contribution in [1.82, 2.24) is 20.2 Å². The molecule has 18 heteroatoms. The molecule has 1 saturated heterocycles. The lowest BCUT2D eigenvalue weighted by Gasteiger charge is -2.50. The highest BCUT2D eigenvalue weighted by atomic mass is 35.5. The number of carbonyl (C=O) groups excluding carboxylic acids is 4. The smallest absolute Gasteiger partial charge is 0.425 e. The van der Waals surface area contributed by atoms with E-state index < -0.39 is 64.1 Å². The summed E-state index contributed by atoms with van der Waals surface area (Å²) >= 11 is 13.3. The summed E-state index contributed by atoms with van der Waals surface area (Å²) in [4.78, 5) is 81.9. The van der Waals surface area contributed by atoms with Gasteiger partial charge in [0, 0.05) is 40.3 Å². The van der Waals surface area contributed by atoms with Gasteiger partial charge in [0.05, 0.1) is 18.4 Å². The van der Waals surface area contributed by atoms with Crippen molar-refractivity contribution in [3.05, 3.63) is 69.8 Å². The average molecular weight is 970 g/mol. The molecule has 1 aromatic heterocycles. The SMILES string of the molecule is CC(C)(C)OC(=O)N(Cc1c(Cl)cccc1Cl)c1nc(-c2ccc(CNC3CCN(C(=O)OC(C)(C)C)[C@@](C(=O)O)(C4CCCC4)C3)cc2)cnc1N(C(=O)OC(C)(C)C)C(=O)OC(C)(C)C. The number of carboxylic acid groups (broad SMARTS) is 1. The minimum absolute atomic E-state index is 0.202. The molecule has 16 nitrogen and oxygen atoms in total. The number of benzene rings is 2. The zero-order valence-electron chi connectivity index (χ0n) is 40.8. The third-order valence-corrected chi connectivity index (χ3v) is 11.7. The van der Waals surface area contributed by atoms with Gasteiger partial charge in [-0.3, -0.25) is 9.80 Å². The van der Waals surface area contributed by atoms with Crippen molar-refractivity contribution in [2.24, 2.45) is 5.92 Å². The molecule has 2 aliphatic rings. The highest BCUT2D eigenvalue weighted by molar-refractivity contribution is 6.36. The first-order chi connectivity index (χ1) is 31.0. The van der Waals surface area contributed by atoms with Gasteiger partial charge in [0.15, 0.2) is 11.6 Å². The van der Waals surface area contributed by atoms with Crippen LogP contribution in [0.5, 0.6) is 0 Å². The second kappa shape index (κ2) is 20.6. The third-order valence-electron chi connectivity index (χ3n) is 10.9. The number of halogens is 2. The predicted molar refractivity (Wildman–Crippen MR) is 256 cm³/mol. The van der Waals surface area contributed by atoms with E-state index in [1.165, 1.54) is 11.1 Å². The lowest BCUT2D eigenvalue weighted by Crippen LogP contribution is -2.67. The number of anilines is 2. The standard InChI is InChI=1S/C49H66Cl2N6O10/c1-45(2,3)64-41(60)55(29-34-35(50)18-15-19-36(34)51)39-38(57(43(62)66-47(7,8)9)44(63)67-48(10,11)12)53-28-37(54-39)31-22-20-30(21-23-31)27-52-33-24-25-56(42(61)65-46(4,5)6)49(26-33,40(58)59)32-16-13-14-17-32/h15,18-23,28,32-33,52H,13-14,16-17,24-27,29H2,1-12H3,(H,58,59)/t33?,49-/m1/s1. The fourth-order valence-corrected chi connectivity index (χ4v) is 8.66. The molecule has 1 aliphatic carbocycles. The molecule has 2 heterocycles. The van der Waals surface area contributed by atoms with E-state index in [1.807, 2.05) is 12.1 Å². The Morgan fingerprint density at radius 2 is 1.27 bits per heavy atom. The van der Waals surface area contributed by atoms with Gasteiger partial charge in [0.1, 0.15) is 27.9 Å². The number of carboxylic acids is 1. The van der Waals surface area contributed by atoms with Crippen molar-refractivity contribution < 1.29 is 48.0 Å². The Morgan fingerprint density at radius 1 is 0.746 bits per heavy atom. The van der Waals surface area contributed by atoms with Crippen molar-refractivity contribution in [1.29, 1.82) is 0 Å². The molecular weight excluding hydrogens is 903 g/mol. The summed E-state index contributed by atoms with van der Waals surface area (Å²) in [5.74, 6) is -1.89. The first kappa shape index (κ1) is 52.8. The summed E-state index contributed by atoms with van der Waals surface area (Å²) in [6, 6.07) is 12.0. The maximum Gasteiger partial charge on any atom is 0.425 e. The topological polar surface area (TPSA) is 190 Å². The summed E-state index contributed by atoms with van der Waals surface area (Å²) < 4.78 is 23.0. The number of nitrogens with zero attached hydrogens (tertiary/aromatic N) is 5. The predicted octanol–water partition coefficient (Wildman–Crippen LogP) is 11.6. The van der Waals surface area contributed by atoms with Gasteiger partial charge in [0.25, 0.3) is 0 Å². The van der Waals surface area contributed by atoms with Crippen molar-refractivity contribution in [2.45, 2.75) is 169 Å². The summed E-state index contributed by atoms with van der Waals surface area (Å²) in [6.07, 6.45) is 1.56. The van der Waals surface area contributed by atoms with E-state index >= 15 is 0 Å². The summed E-state index contributed by atoms with van der Waals surface area (Å²) in [5.41, 5.74) is -3.32. The van der Waals surface area contributed by atoms with Crippen LogP contribution in [0.2, 0.25) is 10.0 Å². The van der Waals surface area contributed by atoms with Gasteiger partial charge < -0.3 is 29.4 Å². The van der Waals surface area contributed by atoms with Crippen LogP contribution in [-0.2, 0) is 36.8 Å². The van der Waals surface area contributed by atoms with Crippen LogP contribution in [0.3, 0.4) is 0 Å². The number of aliphatic carboxylic acids is 1. The molecule has 0 bridgehead atoms. The number of imide groups is 1. The van der Waals surface area contributed by atoms with E-state index in [-0.39, 0.29) is 53.0 Å². The largest absolute Gasteiger partial charge is 0.479 e. The molecule has 5 rings (SSSR count). The highest BCUT2D eigenvalue weighted by Gasteiger charge is 2.57. The number of amides is 4. The third kappa shape index (κ3) is 13.7. The Labute approximate surface area is 404 Å². The molecule has 4 amide bonds. The van der Waals surface area contributed by atoms with Crippen LogP contribution in [0, 0.1) is 5.92 Å². The maximum atomic E-state index is 14.3. The fourth-order valence-electron chi connectivity index (χ4n) is 8.14. The second-order valence-corrected chi connectivity index (χ2v) is 21.9. The van der Waals surface area contributed by atoms with Gasteiger partial charge >= 0.3 is 30.3 Å². The zero-order chi connectivity index (χ0) is 49.9. The lowest BCUT2D eigenvalue weighted by atomic mass is 9.73. The number of piperidine rings is 1. The van der Waals surface area contributed by atoms with Crippen molar-refractivity contribution in [3.63, 3.8) is 0 Å². The summed E-state index contributed by atoms with van der Waals surface area (Å²) in [5, 5.41) is 14.9. The minimum Gasteiger partial charge on any atom is -0.479 e. The molecular formula is C49H66Cl2N6O10. The molecule has 1 unspecified atom stereocenters. The van der Waals surface area contributed by atoms with Crippen LogP contribution in [0.25, 0.3) is 11.3 Å². The molecule has 366 valence electrons. The van der Waals surface area contributed by atoms with Crippen LogP contribution >= 0.6 is 23.2 Å². The molecule has 1 saturated carbocycles. The number of rotatable bonds is 10. The van der Waals surface area contributed by atoms with Crippen LogP contribution in [0.4, 0.5) is 30.8 Å². The Bertz CT molecular complexity index is 2250. The second-order valence-electron chi connectivity index (χ2n) is 21.1. The Morgan fingerprint density at radius 3 is 1.78 bits per heavy atom. The number of likely N-dealkylation sites (tertiary alicyclic amines) is 1. The number of nitrogens with one attached hydrogen (secondary N) is 1. The Kier molecular flexibility index (Phi) is 16.2. The maximum absolute atomic E-state index is 14.3. The molecule has 0 radical (unpaired) electrons. The minimum atomic E-state index is -1.41. The quantitative estimate of drug-likeness (QED) is 0.183. The van der Waals surface area contributed by atoms with Crippen LogP contribution in [0.1, 0.15) is 133 Å². The molecule has 1 aliphatic heterocycles. The molecule has 0 spiro atoms. The Hall–Kier alpha value is -5.19.